The van der Waals surface area contributed by atoms with E-state index in [2.05, 4.69) is 10.6 Å². The smallest absolute Gasteiger partial charge is 0.266 e. The minimum absolute atomic E-state index is 0.136. The molecule has 6 nitrogen and oxygen atoms in total. The van der Waals surface area contributed by atoms with Crippen molar-refractivity contribution in [3.8, 4) is 11.8 Å². The van der Waals surface area contributed by atoms with E-state index in [4.69, 9.17) is 4.74 Å². The molecular weight excluding hydrogens is 397 g/mol. The first kappa shape index (κ1) is 21.3. The number of para-hydroxylation sites is 1. The Morgan fingerprint density at radius 3 is 2.35 bits per heavy atom. The molecule has 0 aliphatic rings. The fourth-order valence-corrected chi connectivity index (χ4v) is 2.61. The molecule has 0 saturated heterocycles. The second-order valence-corrected chi connectivity index (χ2v) is 6.41. The van der Waals surface area contributed by atoms with Crippen molar-refractivity contribution < 1.29 is 18.7 Å². The minimum Gasteiger partial charge on any atom is -0.484 e. The second-order valence-electron chi connectivity index (χ2n) is 6.41. The minimum atomic E-state index is -0.623. The van der Waals surface area contributed by atoms with E-state index < -0.39 is 11.7 Å². The van der Waals surface area contributed by atoms with Gasteiger partial charge in [-0.2, -0.15) is 5.26 Å². The van der Waals surface area contributed by atoms with Crippen molar-refractivity contribution in [2.24, 2.45) is 0 Å². The molecule has 0 saturated carbocycles. The van der Waals surface area contributed by atoms with Gasteiger partial charge in [0.05, 0.1) is 0 Å². The zero-order valence-corrected chi connectivity index (χ0v) is 16.3. The van der Waals surface area contributed by atoms with E-state index in [0.29, 0.717) is 22.7 Å². The van der Waals surface area contributed by atoms with E-state index in [1.807, 2.05) is 24.3 Å². The van der Waals surface area contributed by atoms with Crippen LogP contribution in [0.2, 0.25) is 0 Å². The maximum atomic E-state index is 13.0. The van der Waals surface area contributed by atoms with Crippen molar-refractivity contribution in [2.75, 3.05) is 17.2 Å². The molecule has 0 aliphatic carbocycles. The average Bonchev–Trinajstić information content (AvgIpc) is 2.78. The summed E-state index contributed by atoms with van der Waals surface area (Å²) in [6.07, 6.45) is 1.40. The number of hydrogen-bond acceptors (Lipinski definition) is 4. The van der Waals surface area contributed by atoms with E-state index in [-0.39, 0.29) is 18.1 Å². The van der Waals surface area contributed by atoms with Crippen LogP contribution < -0.4 is 15.4 Å². The van der Waals surface area contributed by atoms with Crippen LogP contribution in [-0.4, -0.2) is 18.4 Å². The molecule has 0 aromatic heterocycles. The van der Waals surface area contributed by atoms with Crippen molar-refractivity contribution in [2.45, 2.75) is 0 Å². The molecule has 3 aromatic rings. The number of amides is 2. The number of anilines is 2. The highest BCUT2D eigenvalue weighted by Crippen LogP contribution is 2.17. The highest BCUT2D eigenvalue weighted by molar-refractivity contribution is 6.09. The number of carbonyl (C=O) groups excluding carboxylic acids is 2. The number of halogens is 1. The highest BCUT2D eigenvalue weighted by atomic mass is 19.1. The Balaban J connectivity index is 1.63. The fourth-order valence-electron chi connectivity index (χ4n) is 2.61. The Kier molecular flexibility index (Phi) is 7.12. The lowest BCUT2D eigenvalue weighted by Gasteiger charge is -2.08. The lowest BCUT2D eigenvalue weighted by molar-refractivity contribution is -0.118. The monoisotopic (exact) mass is 415 g/mol. The van der Waals surface area contributed by atoms with Crippen LogP contribution in [0.3, 0.4) is 0 Å². The molecule has 3 aromatic carbocycles. The van der Waals surface area contributed by atoms with Crippen LogP contribution in [0, 0.1) is 17.1 Å². The summed E-state index contributed by atoms with van der Waals surface area (Å²) in [5.74, 6) is -0.956. The molecule has 2 amide bonds. The molecule has 3 rings (SSSR count). The number of carbonyl (C=O) groups is 2. The van der Waals surface area contributed by atoms with Gasteiger partial charge in [0, 0.05) is 11.4 Å². The van der Waals surface area contributed by atoms with Crippen molar-refractivity contribution >= 4 is 29.3 Å². The van der Waals surface area contributed by atoms with Crippen LogP contribution in [-0.2, 0) is 9.59 Å². The molecule has 0 bridgehead atoms. The maximum Gasteiger partial charge on any atom is 0.266 e. The Morgan fingerprint density at radius 1 is 0.935 bits per heavy atom. The largest absolute Gasteiger partial charge is 0.484 e. The topological polar surface area (TPSA) is 91.2 Å². The summed E-state index contributed by atoms with van der Waals surface area (Å²) in [6.45, 7) is -0.196. The Bertz CT molecular complexity index is 1140. The number of nitrogens with one attached hydrogen (secondary N) is 2. The molecular formula is C24H18FN3O3. The summed E-state index contributed by atoms with van der Waals surface area (Å²) in [5.41, 5.74) is 1.45. The number of nitriles is 1. The summed E-state index contributed by atoms with van der Waals surface area (Å²) >= 11 is 0. The van der Waals surface area contributed by atoms with E-state index in [1.165, 1.54) is 30.3 Å². The summed E-state index contributed by atoms with van der Waals surface area (Å²) in [7, 11) is 0. The van der Waals surface area contributed by atoms with Gasteiger partial charge in [-0.15, -0.1) is 0 Å². The third-order valence-corrected chi connectivity index (χ3v) is 4.06. The van der Waals surface area contributed by atoms with Crippen LogP contribution in [0.4, 0.5) is 15.8 Å². The van der Waals surface area contributed by atoms with Gasteiger partial charge in [-0.05, 0) is 60.2 Å². The predicted molar refractivity (Wildman–Crippen MR) is 116 cm³/mol. The summed E-state index contributed by atoms with van der Waals surface area (Å²) in [6, 6.07) is 22.7. The molecule has 0 aliphatic heterocycles. The SMILES string of the molecule is N#C/C(=C\c1cccc(OCC(=O)Nc2ccccc2)c1)C(=O)Nc1ccc(F)cc1. The number of benzene rings is 3. The normalized spacial score (nSPS) is 10.6. The van der Waals surface area contributed by atoms with Gasteiger partial charge >= 0.3 is 0 Å². The third kappa shape index (κ3) is 6.54. The first-order chi connectivity index (χ1) is 15.0. The van der Waals surface area contributed by atoms with Crippen molar-refractivity contribution in [1.82, 2.24) is 0 Å². The summed E-state index contributed by atoms with van der Waals surface area (Å²) < 4.78 is 18.5. The van der Waals surface area contributed by atoms with E-state index in [9.17, 15) is 19.2 Å². The summed E-state index contributed by atoms with van der Waals surface area (Å²) in [4.78, 5) is 24.3. The molecule has 0 heterocycles. The lowest BCUT2D eigenvalue weighted by Crippen LogP contribution is -2.20. The van der Waals surface area contributed by atoms with Crippen molar-refractivity contribution in [1.29, 1.82) is 5.26 Å². The number of ether oxygens (including phenoxy) is 1. The average molecular weight is 415 g/mol. The van der Waals surface area contributed by atoms with E-state index in [1.54, 1.807) is 36.4 Å². The maximum absolute atomic E-state index is 13.0. The standard InChI is InChI=1S/C24H18FN3O3/c25-19-9-11-21(12-10-19)28-24(30)18(15-26)13-17-5-4-8-22(14-17)31-16-23(29)27-20-6-2-1-3-7-20/h1-14H,16H2,(H,27,29)(H,28,30)/b18-13+. The number of hydrogen-bond donors (Lipinski definition) is 2. The van der Waals surface area contributed by atoms with Gasteiger partial charge in [-0.3, -0.25) is 9.59 Å². The lowest BCUT2D eigenvalue weighted by atomic mass is 10.1. The molecule has 7 heteroatoms. The molecule has 31 heavy (non-hydrogen) atoms. The second kappa shape index (κ2) is 10.4. The van der Waals surface area contributed by atoms with E-state index in [0.717, 1.165) is 0 Å². The van der Waals surface area contributed by atoms with Crippen LogP contribution in [0.5, 0.6) is 5.75 Å². The fraction of sp³-hybridized carbons (Fsp3) is 0.0417. The zero-order valence-electron chi connectivity index (χ0n) is 16.3. The molecule has 0 spiro atoms. The first-order valence-corrected chi connectivity index (χ1v) is 9.30. The molecule has 0 atom stereocenters. The van der Waals surface area contributed by atoms with Gasteiger partial charge in [-0.25, -0.2) is 4.39 Å². The van der Waals surface area contributed by atoms with Crippen LogP contribution >= 0.6 is 0 Å². The molecule has 0 fully saturated rings. The third-order valence-electron chi connectivity index (χ3n) is 4.06. The zero-order chi connectivity index (χ0) is 22.1. The first-order valence-electron chi connectivity index (χ1n) is 9.30. The van der Waals surface area contributed by atoms with Gasteiger partial charge in [0.15, 0.2) is 6.61 Å². The quantitative estimate of drug-likeness (QED) is 0.442. The number of nitrogens with zero attached hydrogens (tertiary/aromatic N) is 1. The van der Waals surface area contributed by atoms with Gasteiger partial charge in [-0.1, -0.05) is 30.3 Å². The summed E-state index contributed by atoms with van der Waals surface area (Å²) in [5, 5.41) is 14.6. The van der Waals surface area contributed by atoms with Crippen molar-refractivity contribution in [3.63, 3.8) is 0 Å². The molecule has 2 N–H and O–H groups in total. The van der Waals surface area contributed by atoms with Crippen LogP contribution in [0.15, 0.2) is 84.4 Å². The van der Waals surface area contributed by atoms with Gasteiger partial charge < -0.3 is 15.4 Å². The van der Waals surface area contributed by atoms with Gasteiger partial charge in [0.25, 0.3) is 11.8 Å². The molecule has 0 unspecified atom stereocenters. The molecule has 0 radical (unpaired) electrons. The van der Waals surface area contributed by atoms with E-state index >= 15 is 0 Å². The Morgan fingerprint density at radius 2 is 1.65 bits per heavy atom. The molecule has 154 valence electrons. The van der Waals surface area contributed by atoms with Crippen LogP contribution in [0.25, 0.3) is 6.08 Å². The number of rotatable bonds is 7. The van der Waals surface area contributed by atoms with Gasteiger partial charge in [0.2, 0.25) is 0 Å². The Hall–Kier alpha value is -4.44. The van der Waals surface area contributed by atoms with Crippen LogP contribution in [0.1, 0.15) is 5.56 Å². The van der Waals surface area contributed by atoms with Crippen molar-refractivity contribution in [3.05, 3.63) is 95.8 Å². The van der Waals surface area contributed by atoms with Gasteiger partial charge in [0.1, 0.15) is 23.2 Å². The predicted octanol–water partition coefficient (Wildman–Crippen LogP) is 4.39. The highest BCUT2D eigenvalue weighted by Gasteiger charge is 2.10. The Labute approximate surface area is 178 Å².